The van der Waals surface area contributed by atoms with Crippen molar-refractivity contribution in [3.05, 3.63) is 77.0 Å². The summed E-state index contributed by atoms with van der Waals surface area (Å²) in [4.78, 5) is 3.30. The molecule has 0 amide bonds. The molecule has 3 rings (SSSR count). The van der Waals surface area contributed by atoms with Crippen molar-refractivity contribution in [3.8, 4) is 0 Å². The molecule has 31 heavy (non-hydrogen) atoms. The van der Waals surface area contributed by atoms with E-state index in [1.54, 1.807) is 0 Å². The van der Waals surface area contributed by atoms with Crippen LogP contribution in [0.1, 0.15) is 22.4 Å². The molecule has 1 heterocycles. The van der Waals surface area contributed by atoms with Crippen molar-refractivity contribution in [1.29, 1.82) is 0 Å². The van der Waals surface area contributed by atoms with Gasteiger partial charge < -0.3 is 10.6 Å². The molecule has 3 aromatic rings. The molecule has 0 bridgehead atoms. The first kappa shape index (κ1) is 23.0. The lowest BCUT2D eigenvalue weighted by Gasteiger charge is -2.16. The van der Waals surface area contributed by atoms with E-state index in [0.29, 0.717) is 26.2 Å². The van der Waals surface area contributed by atoms with Crippen molar-refractivity contribution in [2.24, 2.45) is 0 Å². The van der Waals surface area contributed by atoms with Gasteiger partial charge in [-0.3, -0.25) is 0 Å². The average Bonchev–Trinajstić information content (AvgIpc) is 2.71. The lowest BCUT2D eigenvalue weighted by molar-refractivity contribution is -0.142. The highest BCUT2D eigenvalue weighted by Gasteiger charge is 2.37. The topological polar surface area (TPSA) is 37.0 Å². The number of aromatic nitrogens is 1. The van der Waals surface area contributed by atoms with Gasteiger partial charge in [0.15, 0.2) is 0 Å². The normalized spacial score (nSPS) is 12.5. The zero-order valence-corrected chi connectivity index (χ0v) is 16.4. The molecule has 9 heteroatoms. The van der Waals surface area contributed by atoms with E-state index in [4.69, 9.17) is 0 Å². The van der Waals surface area contributed by atoms with Crippen LogP contribution < -0.4 is 10.6 Å². The molecule has 0 atom stereocenters. The van der Waals surface area contributed by atoms with Crippen molar-refractivity contribution >= 4 is 10.9 Å². The highest BCUT2D eigenvalue weighted by molar-refractivity contribution is 5.86. The molecule has 0 saturated heterocycles. The van der Waals surface area contributed by atoms with Gasteiger partial charge in [0.1, 0.15) is 5.69 Å². The summed E-state index contributed by atoms with van der Waals surface area (Å²) in [5.74, 6) is 0. The fourth-order valence-corrected chi connectivity index (χ4v) is 3.25. The largest absolute Gasteiger partial charge is 0.433 e. The van der Waals surface area contributed by atoms with Gasteiger partial charge >= 0.3 is 12.4 Å². The number of pyridine rings is 1. The van der Waals surface area contributed by atoms with Crippen LogP contribution in [0.5, 0.6) is 0 Å². The number of para-hydroxylation sites is 1. The van der Waals surface area contributed by atoms with Crippen LogP contribution in [-0.2, 0) is 25.3 Å². The second-order valence-electron chi connectivity index (χ2n) is 7.03. The van der Waals surface area contributed by atoms with Gasteiger partial charge in [0.05, 0.1) is 11.1 Å². The van der Waals surface area contributed by atoms with Crippen molar-refractivity contribution in [2.75, 3.05) is 19.6 Å². The summed E-state index contributed by atoms with van der Waals surface area (Å²) in [6.07, 6.45) is -9.49. The van der Waals surface area contributed by atoms with Crippen molar-refractivity contribution in [1.82, 2.24) is 15.6 Å². The maximum atomic E-state index is 13.3. The van der Waals surface area contributed by atoms with Crippen LogP contribution in [0.3, 0.4) is 0 Å². The summed E-state index contributed by atoms with van der Waals surface area (Å²) in [5.41, 5.74) is -1.87. The first-order chi connectivity index (χ1) is 14.7. The Kier molecular flexibility index (Phi) is 7.17. The van der Waals surface area contributed by atoms with E-state index in [1.807, 2.05) is 30.3 Å². The van der Waals surface area contributed by atoms with Crippen molar-refractivity contribution in [2.45, 2.75) is 25.3 Å². The van der Waals surface area contributed by atoms with E-state index in [-0.39, 0.29) is 17.4 Å². The molecular formula is C22H21F6N3. The maximum Gasteiger partial charge on any atom is 0.433 e. The first-order valence-corrected chi connectivity index (χ1v) is 9.68. The summed E-state index contributed by atoms with van der Waals surface area (Å²) >= 11 is 0. The minimum atomic E-state index is -4.84. The molecule has 2 aromatic carbocycles. The van der Waals surface area contributed by atoms with Crippen molar-refractivity contribution in [3.63, 3.8) is 0 Å². The molecule has 1 aromatic heterocycles. The van der Waals surface area contributed by atoms with E-state index >= 15 is 0 Å². The van der Waals surface area contributed by atoms with Gasteiger partial charge in [0, 0.05) is 25.0 Å². The fourth-order valence-electron chi connectivity index (χ4n) is 3.25. The van der Waals surface area contributed by atoms with Crippen LogP contribution in [0.15, 0.2) is 54.6 Å². The Labute approximate surface area is 175 Å². The zero-order valence-electron chi connectivity index (χ0n) is 16.4. The molecule has 0 unspecified atom stereocenters. The molecule has 166 valence electrons. The van der Waals surface area contributed by atoms with Crippen molar-refractivity contribution < 1.29 is 26.3 Å². The minimum absolute atomic E-state index is 0.0758. The average molecular weight is 441 g/mol. The molecule has 0 saturated carbocycles. The van der Waals surface area contributed by atoms with Gasteiger partial charge in [-0.1, -0.05) is 42.5 Å². The van der Waals surface area contributed by atoms with E-state index in [1.165, 1.54) is 12.1 Å². The summed E-state index contributed by atoms with van der Waals surface area (Å²) in [6.45, 7) is 2.21. The highest BCUT2D eigenvalue weighted by Crippen LogP contribution is 2.37. The number of nitrogens with zero attached hydrogens (tertiary/aromatic N) is 1. The number of fused-ring (bicyclic) bond motifs is 1. The Bertz CT molecular complexity index is 1000. The van der Waals surface area contributed by atoms with Gasteiger partial charge in [-0.05, 0) is 36.2 Å². The monoisotopic (exact) mass is 441 g/mol. The third-order valence-electron chi connectivity index (χ3n) is 4.74. The third kappa shape index (κ3) is 6.18. The van der Waals surface area contributed by atoms with Crippen LogP contribution in [0, 0.1) is 0 Å². The zero-order chi connectivity index (χ0) is 22.5. The molecule has 0 aliphatic rings. The lowest BCUT2D eigenvalue weighted by atomic mass is 10.0. The van der Waals surface area contributed by atoms with Gasteiger partial charge in [-0.2, -0.15) is 26.3 Å². The van der Waals surface area contributed by atoms with Gasteiger partial charge in [-0.15, -0.1) is 0 Å². The van der Waals surface area contributed by atoms with E-state index in [2.05, 4.69) is 15.6 Å². The predicted octanol–water partition coefficient (Wildman–Crippen LogP) is 5.19. The van der Waals surface area contributed by atoms with Crippen LogP contribution in [0.2, 0.25) is 0 Å². The number of rotatable bonds is 8. The number of alkyl halides is 6. The summed E-state index contributed by atoms with van der Waals surface area (Å²) < 4.78 is 79.5. The van der Waals surface area contributed by atoms with Gasteiger partial charge in [0.25, 0.3) is 0 Å². The second kappa shape index (κ2) is 9.65. The Morgan fingerprint density at radius 3 is 2.13 bits per heavy atom. The number of benzene rings is 2. The molecule has 0 radical (unpaired) electrons. The summed E-state index contributed by atoms with van der Waals surface area (Å²) in [5, 5.41) is 6.41. The molecule has 0 aliphatic heterocycles. The molecule has 0 spiro atoms. The maximum absolute atomic E-state index is 13.3. The first-order valence-electron chi connectivity index (χ1n) is 9.68. The molecule has 3 nitrogen and oxygen atoms in total. The number of hydrogen-bond acceptors (Lipinski definition) is 3. The van der Waals surface area contributed by atoms with Crippen LogP contribution in [-0.4, -0.2) is 24.6 Å². The van der Waals surface area contributed by atoms with Crippen LogP contribution >= 0.6 is 0 Å². The quantitative estimate of drug-likeness (QED) is 0.373. The van der Waals surface area contributed by atoms with E-state index < -0.39 is 29.1 Å². The number of halogens is 6. The van der Waals surface area contributed by atoms with Crippen LogP contribution in [0.25, 0.3) is 10.9 Å². The standard InChI is InChI=1S/C22H21F6N3/c23-21(24,25)18-8-4-7-17-16(13-19(22(26,27)28)31-20(17)18)9-10-29-11-12-30-14-15-5-2-1-3-6-15/h1-8,13,29-30H,9-12,14H2. The summed E-state index contributed by atoms with van der Waals surface area (Å²) in [6, 6.07) is 13.9. The second-order valence-corrected chi connectivity index (χ2v) is 7.03. The van der Waals surface area contributed by atoms with Crippen LogP contribution in [0.4, 0.5) is 26.3 Å². The molecule has 0 fully saturated rings. The lowest BCUT2D eigenvalue weighted by Crippen LogP contribution is -2.28. The SMILES string of the molecule is FC(F)(F)c1cc(CCNCCNCc2ccccc2)c2cccc(C(F)(F)F)c2n1. The van der Waals surface area contributed by atoms with Gasteiger partial charge in [-0.25, -0.2) is 4.98 Å². The third-order valence-corrected chi connectivity index (χ3v) is 4.74. The number of hydrogen-bond donors (Lipinski definition) is 2. The number of nitrogens with one attached hydrogen (secondary N) is 2. The summed E-state index contributed by atoms with van der Waals surface area (Å²) in [7, 11) is 0. The Morgan fingerprint density at radius 1 is 0.742 bits per heavy atom. The molecule has 2 N–H and O–H groups in total. The van der Waals surface area contributed by atoms with E-state index in [9.17, 15) is 26.3 Å². The Morgan fingerprint density at radius 2 is 1.45 bits per heavy atom. The van der Waals surface area contributed by atoms with Gasteiger partial charge in [0.2, 0.25) is 0 Å². The Hall–Kier alpha value is -2.65. The highest BCUT2D eigenvalue weighted by atomic mass is 19.4. The predicted molar refractivity (Wildman–Crippen MR) is 106 cm³/mol. The van der Waals surface area contributed by atoms with E-state index in [0.717, 1.165) is 17.7 Å². The minimum Gasteiger partial charge on any atom is -0.315 e. The fraction of sp³-hybridized carbons (Fsp3) is 0.318. The Balaban J connectivity index is 1.66. The molecule has 0 aliphatic carbocycles. The molecular weight excluding hydrogens is 420 g/mol. The smallest absolute Gasteiger partial charge is 0.315 e.